The number of hydrogen-bond donors (Lipinski definition) is 1. The summed E-state index contributed by atoms with van der Waals surface area (Å²) in [6.07, 6.45) is 8.71. The van der Waals surface area contributed by atoms with Crippen molar-refractivity contribution in [3.05, 3.63) is 0 Å². The predicted octanol–water partition coefficient (Wildman–Crippen LogP) is 2.40. The molecule has 0 aliphatic heterocycles. The Morgan fingerprint density at radius 3 is 2.16 bits per heavy atom. The molecule has 4 aliphatic rings. The third-order valence-corrected chi connectivity index (χ3v) is 5.89. The van der Waals surface area contributed by atoms with Gasteiger partial charge in [0.05, 0.1) is 6.04 Å². The molecule has 4 rings (SSSR count). The average molecular weight is 264 g/mol. The van der Waals surface area contributed by atoms with Gasteiger partial charge in [0.2, 0.25) is 5.91 Å². The highest BCUT2D eigenvalue weighted by Crippen LogP contribution is 2.54. The third kappa shape index (κ3) is 2.31. The van der Waals surface area contributed by atoms with Gasteiger partial charge in [-0.2, -0.15) is 0 Å². The van der Waals surface area contributed by atoms with Gasteiger partial charge in [-0.15, -0.1) is 0 Å². The summed E-state index contributed by atoms with van der Waals surface area (Å²) in [5.74, 6) is 3.63. The van der Waals surface area contributed by atoms with Crippen molar-refractivity contribution in [1.82, 2.24) is 4.90 Å². The Kier molecular flexibility index (Phi) is 3.59. The lowest BCUT2D eigenvalue weighted by Crippen LogP contribution is -2.58. The summed E-state index contributed by atoms with van der Waals surface area (Å²) in [6.45, 7) is 2.09. The van der Waals surface area contributed by atoms with E-state index >= 15 is 0 Å². The molecule has 0 unspecified atom stereocenters. The highest BCUT2D eigenvalue weighted by Gasteiger charge is 2.50. The molecule has 3 nitrogen and oxygen atoms in total. The highest BCUT2D eigenvalue weighted by molar-refractivity contribution is 5.81. The number of rotatable bonds is 4. The van der Waals surface area contributed by atoms with Crippen molar-refractivity contribution < 1.29 is 4.79 Å². The van der Waals surface area contributed by atoms with Crippen molar-refractivity contribution in [2.45, 2.75) is 64.0 Å². The molecule has 0 aromatic heterocycles. The fourth-order valence-electron chi connectivity index (χ4n) is 5.37. The Labute approximate surface area is 116 Å². The van der Waals surface area contributed by atoms with Crippen LogP contribution < -0.4 is 5.73 Å². The molecule has 4 aliphatic carbocycles. The fraction of sp³-hybridized carbons (Fsp3) is 0.938. The van der Waals surface area contributed by atoms with E-state index in [1.807, 2.05) is 11.9 Å². The van der Waals surface area contributed by atoms with Crippen LogP contribution in [-0.4, -0.2) is 29.9 Å². The van der Waals surface area contributed by atoms with Crippen LogP contribution in [0.15, 0.2) is 0 Å². The quantitative estimate of drug-likeness (QED) is 0.847. The van der Waals surface area contributed by atoms with Crippen molar-refractivity contribution in [1.29, 1.82) is 0 Å². The van der Waals surface area contributed by atoms with Gasteiger partial charge >= 0.3 is 0 Å². The maximum absolute atomic E-state index is 12.5. The minimum absolute atomic E-state index is 0.180. The first-order valence-corrected chi connectivity index (χ1v) is 8.12. The largest absolute Gasteiger partial charge is 0.341 e. The lowest BCUT2D eigenvalue weighted by Gasteiger charge is -2.56. The van der Waals surface area contributed by atoms with E-state index in [1.54, 1.807) is 0 Å². The van der Waals surface area contributed by atoms with Crippen molar-refractivity contribution >= 4 is 5.91 Å². The fourth-order valence-corrected chi connectivity index (χ4v) is 5.37. The summed E-state index contributed by atoms with van der Waals surface area (Å²) in [5, 5.41) is 0. The van der Waals surface area contributed by atoms with Crippen LogP contribution in [0.4, 0.5) is 0 Å². The standard InChI is InChI=1S/C16H28N2O/c1-3-4-14(17)16(19)18(2)15-12-6-10-5-11(8-12)9-13(15)7-10/h10-15H,3-9,17H2,1-2H3/t10?,11?,12?,13?,14-,15?/m0/s1. The summed E-state index contributed by atoms with van der Waals surface area (Å²) >= 11 is 0. The van der Waals surface area contributed by atoms with Gasteiger partial charge < -0.3 is 10.6 Å². The number of hydrogen-bond acceptors (Lipinski definition) is 2. The van der Waals surface area contributed by atoms with E-state index in [0.29, 0.717) is 6.04 Å². The number of amides is 1. The molecular formula is C16H28N2O. The molecule has 2 N–H and O–H groups in total. The first-order chi connectivity index (χ1) is 9.10. The minimum atomic E-state index is -0.285. The summed E-state index contributed by atoms with van der Waals surface area (Å²) in [4.78, 5) is 14.5. The molecule has 4 saturated carbocycles. The van der Waals surface area contributed by atoms with Crippen molar-refractivity contribution in [2.75, 3.05) is 7.05 Å². The van der Waals surface area contributed by atoms with E-state index in [1.165, 1.54) is 32.1 Å². The maximum atomic E-state index is 12.5. The third-order valence-electron chi connectivity index (χ3n) is 5.89. The van der Waals surface area contributed by atoms with Crippen LogP contribution in [0.1, 0.15) is 51.9 Å². The number of carbonyl (C=O) groups excluding carboxylic acids is 1. The zero-order valence-electron chi connectivity index (χ0n) is 12.3. The maximum Gasteiger partial charge on any atom is 0.239 e. The molecule has 0 aromatic rings. The van der Waals surface area contributed by atoms with E-state index in [0.717, 1.165) is 36.5 Å². The van der Waals surface area contributed by atoms with Crippen LogP contribution >= 0.6 is 0 Å². The smallest absolute Gasteiger partial charge is 0.239 e. The molecule has 1 amide bonds. The number of likely N-dealkylation sites (N-methyl/N-ethyl adjacent to an activating group) is 1. The topological polar surface area (TPSA) is 46.3 Å². The van der Waals surface area contributed by atoms with Crippen LogP contribution in [0.25, 0.3) is 0 Å². The van der Waals surface area contributed by atoms with Gasteiger partial charge in [0, 0.05) is 13.1 Å². The van der Waals surface area contributed by atoms with Crippen molar-refractivity contribution in [3.63, 3.8) is 0 Å². The monoisotopic (exact) mass is 264 g/mol. The summed E-state index contributed by atoms with van der Waals surface area (Å²) < 4.78 is 0. The molecule has 1 atom stereocenters. The molecule has 0 spiro atoms. The Morgan fingerprint density at radius 2 is 1.68 bits per heavy atom. The molecule has 0 aromatic carbocycles. The Balaban J connectivity index is 1.70. The molecule has 0 heterocycles. The second-order valence-corrected chi connectivity index (χ2v) is 7.27. The van der Waals surface area contributed by atoms with E-state index in [4.69, 9.17) is 5.73 Å². The van der Waals surface area contributed by atoms with E-state index < -0.39 is 0 Å². The first kappa shape index (κ1) is 13.4. The molecule has 108 valence electrons. The van der Waals surface area contributed by atoms with E-state index in [9.17, 15) is 4.79 Å². The summed E-state index contributed by atoms with van der Waals surface area (Å²) in [7, 11) is 2.00. The Hall–Kier alpha value is -0.570. The van der Waals surface area contributed by atoms with Gasteiger partial charge in [-0.25, -0.2) is 0 Å². The van der Waals surface area contributed by atoms with Gasteiger partial charge in [0.15, 0.2) is 0 Å². The van der Waals surface area contributed by atoms with Crippen molar-refractivity contribution in [2.24, 2.45) is 29.4 Å². The molecule has 19 heavy (non-hydrogen) atoms. The Bertz CT molecular complexity index is 327. The van der Waals surface area contributed by atoms with E-state index in [2.05, 4.69) is 6.92 Å². The second-order valence-electron chi connectivity index (χ2n) is 7.27. The zero-order valence-corrected chi connectivity index (χ0v) is 12.3. The second kappa shape index (κ2) is 5.08. The van der Waals surface area contributed by atoms with Crippen LogP contribution in [-0.2, 0) is 4.79 Å². The molecular weight excluding hydrogens is 236 g/mol. The van der Waals surface area contributed by atoms with E-state index in [-0.39, 0.29) is 11.9 Å². The number of carbonyl (C=O) groups is 1. The highest BCUT2D eigenvalue weighted by atomic mass is 16.2. The normalized spacial score (nSPS) is 41.3. The van der Waals surface area contributed by atoms with Crippen LogP contribution in [0.3, 0.4) is 0 Å². The van der Waals surface area contributed by atoms with Crippen molar-refractivity contribution in [3.8, 4) is 0 Å². The molecule has 0 radical (unpaired) electrons. The van der Waals surface area contributed by atoms with Gasteiger partial charge in [0.1, 0.15) is 0 Å². The van der Waals surface area contributed by atoms with Gasteiger partial charge in [0.25, 0.3) is 0 Å². The Morgan fingerprint density at radius 1 is 1.16 bits per heavy atom. The first-order valence-electron chi connectivity index (χ1n) is 8.12. The lowest BCUT2D eigenvalue weighted by atomic mass is 9.54. The van der Waals surface area contributed by atoms with Gasteiger partial charge in [-0.05, 0) is 62.2 Å². The molecule has 0 saturated heterocycles. The summed E-state index contributed by atoms with van der Waals surface area (Å²) in [5.41, 5.74) is 6.03. The van der Waals surface area contributed by atoms with Gasteiger partial charge in [-0.3, -0.25) is 4.79 Å². The van der Waals surface area contributed by atoms with Crippen LogP contribution in [0.2, 0.25) is 0 Å². The van der Waals surface area contributed by atoms with Gasteiger partial charge in [-0.1, -0.05) is 13.3 Å². The molecule has 4 bridgehead atoms. The lowest BCUT2D eigenvalue weighted by molar-refractivity contribution is -0.142. The predicted molar refractivity (Wildman–Crippen MR) is 76.5 cm³/mol. The number of nitrogens with zero attached hydrogens (tertiary/aromatic N) is 1. The molecule has 4 fully saturated rings. The minimum Gasteiger partial charge on any atom is -0.341 e. The zero-order chi connectivity index (χ0) is 13.6. The van der Waals surface area contributed by atoms with Crippen LogP contribution in [0.5, 0.6) is 0 Å². The average Bonchev–Trinajstić information content (AvgIpc) is 2.36. The summed E-state index contributed by atoms with van der Waals surface area (Å²) in [6, 6.07) is 0.204. The number of nitrogens with two attached hydrogens (primary N) is 1. The van der Waals surface area contributed by atoms with Crippen LogP contribution in [0, 0.1) is 23.7 Å². The molecule has 3 heteroatoms. The SMILES string of the molecule is CCC[C@H](N)C(=O)N(C)C1C2CC3CC(C2)CC1C3.